The summed E-state index contributed by atoms with van der Waals surface area (Å²) in [5.74, 6) is -0.299. The molecule has 1 aliphatic heterocycles. The highest BCUT2D eigenvalue weighted by molar-refractivity contribution is 5.86. The molecule has 0 aromatic rings. The van der Waals surface area contributed by atoms with Gasteiger partial charge in [0.15, 0.2) is 0 Å². The molecule has 30 heavy (non-hydrogen) atoms. The Morgan fingerprint density at radius 1 is 0.800 bits per heavy atom. The molecular weight excluding hydrogens is 374 g/mol. The molecule has 0 bridgehead atoms. The Kier molecular flexibility index (Phi) is 20.4. The Morgan fingerprint density at radius 3 is 1.80 bits per heavy atom. The number of likely N-dealkylation sites (tertiary alicyclic amines) is 1. The molecule has 1 rings (SSSR count). The van der Waals surface area contributed by atoms with E-state index in [-0.39, 0.29) is 17.8 Å². The van der Waals surface area contributed by atoms with Gasteiger partial charge in [-0.05, 0) is 12.8 Å². The lowest BCUT2D eigenvalue weighted by molar-refractivity contribution is -0.148. The third kappa shape index (κ3) is 14.8. The quantitative estimate of drug-likeness (QED) is 0.171. The number of carbonyl (C=O) groups is 2. The molecule has 1 fully saturated rings. The first-order chi connectivity index (χ1) is 14.7. The molecule has 1 unspecified atom stereocenters. The van der Waals surface area contributed by atoms with Gasteiger partial charge in [-0.2, -0.15) is 0 Å². The first kappa shape index (κ1) is 28.9. The van der Waals surface area contributed by atoms with Crippen LogP contribution in [0.3, 0.4) is 0 Å². The summed E-state index contributed by atoms with van der Waals surface area (Å²) >= 11 is 0. The predicted octanol–water partition coefficient (Wildman–Crippen LogP) is 7.30. The second-order valence-electron chi connectivity index (χ2n) is 8.50. The summed E-state index contributed by atoms with van der Waals surface area (Å²) in [5.41, 5.74) is 0. The van der Waals surface area contributed by atoms with Gasteiger partial charge in [-0.1, -0.05) is 111 Å². The van der Waals surface area contributed by atoms with Crippen LogP contribution in [-0.4, -0.2) is 36.5 Å². The highest BCUT2D eigenvalue weighted by Gasteiger charge is 2.34. The normalized spacial score (nSPS) is 15.8. The molecule has 0 N–H and O–H groups in total. The van der Waals surface area contributed by atoms with E-state index < -0.39 is 0 Å². The molecule has 0 aromatic carbocycles. The lowest BCUT2D eigenvalue weighted by Crippen LogP contribution is -2.27. The summed E-state index contributed by atoms with van der Waals surface area (Å²) in [6.45, 7) is 10.3. The van der Waals surface area contributed by atoms with Crippen molar-refractivity contribution in [3.05, 3.63) is 0 Å². The second-order valence-corrected chi connectivity index (χ2v) is 8.50. The van der Waals surface area contributed by atoms with E-state index in [0.29, 0.717) is 19.6 Å². The lowest BCUT2D eigenvalue weighted by atomic mass is 10.1. The monoisotopic (exact) mass is 425 g/mol. The molecule has 0 aromatic heterocycles. The fraction of sp³-hybridized carbons (Fsp3) is 0.923. The number of unbranched alkanes of at least 4 members (excludes halogenated alkanes) is 13. The maximum atomic E-state index is 12.1. The smallest absolute Gasteiger partial charge is 0.311 e. The zero-order valence-corrected chi connectivity index (χ0v) is 20.7. The number of nitrogens with zero attached hydrogens (tertiary/aromatic N) is 1. The van der Waals surface area contributed by atoms with Gasteiger partial charge in [-0.25, -0.2) is 0 Å². The van der Waals surface area contributed by atoms with Gasteiger partial charge in [0.05, 0.1) is 12.5 Å². The molecule has 0 saturated carbocycles. The minimum Gasteiger partial charge on any atom is -0.465 e. The van der Waals surface area contributed by atoms with Crippen LogP contribution in [-0.2, 0) is 14.3 Å². The van der Waals surface area contributed by atoms with Crippen molar-refractivity contribution in [3.63, 3.8) is 0 Å². The summed E-state index contributed by atoms with van der Waals surface area (Å²) in [6.07, 6.45) is 19.3. The van der Waals surface area contributed by atoms with Gasteiger partial charge in [0.2, 0.25) is 5.91 Å². The largest absolute Gasteiger partial charge is 0.465 e. The number of hydrogen-bond donors (Lipinski definition) is 0. The van der Waals surface area contributed by atoms with E-state index >= 15 is 0 Å². The fourth-order valence-corrected chi connectivity index (χ4v) is 3.93. The number of esters is 1. The van der Waals surface area contributed by atoms with Gasteiger partial charge in [-0.15, -0.1) is 0 Å². The molecule has 1 heterocycles. The number of amides is 1. The highest BCUT2D eigenvalue weighted by Crippen LogP contribution is 2.20. The Labute approximate surface area is 187 Å². The Bertz CT molecular complexity index is 411. The molecule has 0 spiro atoms. The van der Waals surface area contributed by atoms with E-state index in [1.165, 1.54) is 70.6 Å². The predicted molar refractivity (Wildman–Crippen MR) is 128 cm³/mol. The van der Waals surface area contributed by atoms with Crippen molar-refractivity contribution in [2.24, 2.45) is 5.92 Å². The summed E-state index contributed by atoms with van der Waals surface area (Å²) in [6, 6.07) is 0. The molecular formula is C26H51NO3. The van der Waals surface area contributed by atoms with E-state index in [1.54, 1.807) is 0 Å². The molecule has 1 atom stereocenters. The lowest BCUT2D eigenvalue weighted by Gasteiger charge is -2.16. The summed E-state index contributed by atoms with van der Waals surface area (Å²) in [5, 5.41) is 0. The summed E-state index contributed by atoms with van der Waals surface area (Å²) in [7, 11) is 0. The van der Waals surface area contributed by atoms with Crippen LogP contribution in [0.1, 0.15) is 130 Å². The van der Waals surface area contributed by atoms with Gasteiger partial charge in [-0.3, -0.25) is 9.59 Å². The van der Waals surface area contributed by atoms with Crippen LogP contribution in [0, 0.1) is 5.92 Å². The van der Waals surface area contributed by atoms with E-state index in [9.17, 15) is 9.59 Å². The van der Waals surface area contributed by atoms with Crippen molar-refractivity contribution in [1.29, 1.82) is 0 Å². The average molecular weight is 426 g/mol. The fourth-order valence-electron chi connectivity index (χ4n) is 3.93. The third-order valence-corrected chi connectivity index (χ3v) is 5.82. The minimum atomic E-state index is -0.244. The van der Waals surface area contributed by atoms with Gasteiger partial charge in [0.1, 0.15) is 0 Å². The van der Waals surface area contributed by atoms with Gasteiger partial charge in [0, 0.05) is 19.5 Å². The van der Waals surface area contributed by atoms with Gasteiger partial charge < -0.3 is 9.64 Å². The Balaban J connectivity index is 0.00000407. The van der Waals surface area contributed by atoms with Crippen LogP contribution in [0.5, 0.6) is 0 Å². The molecule has 4 nitrogen and oxygen atoms in total. The molecule has 178 valence electrons. The van der Waals surface area contributed by atoms with Gasteiger partial charge >= 0.3 is 5.97 Å². The highest BCUT2D eigenvalue weighted by atomic mass is 16.5. The maximum Gasteiger partial charge on any atom is 0.311 e. The number of rotatable bonds is 18. The summed E-state index contributed by atoms with van der Waals surface area (Å²) in [4.78, 5) is 26.1. The van der Waals surface area contributed by atoms with Crippen molar-refractivity contribution in [2.75, 3.05) is 19.7 Å². The SMILES string of the molecule is CC.CCCCCCCCCCCCCCN1CC(C(=O)OCCCCC)CC1=O. The van der Waals surface area contributed by atoms with E-state index in [4.69, 9.17) is 4.74 Å². The first-order valence-electron chi connectivity index (χ1n) is 13.1. The van der Waals surface area contributed by atoms with Crippen LogP contribution < -0.4 is 0 Å². The number of hydrogen-bond acceptors (Lipinski definition) is 3. The first-order valence-corrected chi connectivity index (χ1v) is 13.1. The maximum absolute atomic E-state index is 12.1. The van der Waals surface area contributed by atoms with Crippen molar-refractivity contribution >= 4 is 11.9 Å². The van der Waals surface area contributed by atoms with Crippen LogP contribution in [0.25, 0.3) is 0 Å². The van der Waals surface area contributed by atoms with Crippen LogP contribution >= 0.6 is 0 Å². The van der Waals surface area contributed by atoms with Crippen LogP contribution in [0.4, 0.5) is 0 Å². The molecule has 0 radical (unpaired) electrons. The van der Waals surface area contributed by atoms with E-state index in [2.05, 4.69) is 13.8 Å². The van der Waals surface area contributed by atoms with E-state index in [0.717, 1.165) is 32.2 Å². The third-order valence-electron chi connectivity index (χ3n) is 5.82. The van der Waals surface area contributed by atoms with Crippen LogP contribution in [0.2, 0.25) is 0 Å². The molecule has 1 saturated heterocycles. The zero-order valence-electron chi connectivity index (χ0n) is 20.7. The molecule has 1 amide bonds. The number of carbonyl (C=O) groups excluding carboxylic acids is 2. The number of ether oxygens (including phenoxy) is 1. The van der Waals surface area contributed by atoms with Crippen LogP contribution in [0.15, 0.2) is 0 Å². The van der Waals surface area contributed by atoms with Crippen molar-refractivity contribution in [2.45, 2.75) is 130 Å². The summed E-state index contributed by atoms with van der Waals surface area (Å²) < 4.78 is 5.32. The Morgan fingerprint density at radius 2 is 1.27 bits per heavy atom. The Hall–Kier alpha value is -1.06. The minimum absolute atomic E-state index is 0.124. The molecule has 0 aliphatic carbocycles. The van der Waals surface area contributed by atoms with Crippen molar-refractivity contribution in [3.8, 4) is 0 Å². The van der Waals surface area contributed by atoms with E-state index in [1.807, 2.05) is 18.7 Å². The van der Waals surface area contributed by atoms with Crippen molar-refractivity contribution in [1.82, 2.24) is 4.90 Å². The zero-order chi connectivity index (χ0) is 22.5. The molecule has 1 aliphatic rings. The molecule has 4 heteroatoms. The topological polar surface area (TPSA) is 46.6 Å². The van der Waals surface area contributed by atoms with Crippen molar-refractivity contribution < 1.29 is 14.3 Å². The average Bonchev–Trinajstić information content (AvgIpc) is 3.14. The standard InChI is InChI=1S/C24H45NO3.C2H6/c1-3-5-7-8-9-10-11-12-13-14-15-16-18-25-21-22(20-23(25)26)24(27)28-19-17-6-4-2;1-2/h22H,3-21H2,1-2H3;1-2H3. The second kappa shape index (κ2) is 21.2. The van der Waals surface area contributed by atoms with Gasteiger partial charge in [0.25, 0.3) is 0 Å².